The molecule has 2 fully saturated rings. The van der Waals surface area contributed by atoms with Gasteiger partial charge in [-0.1, -0.05) is 31.4 Å². The summed E-state index contributed by atoms with van der Waals surface area (Å²) in [6, 6.07) is 1.45. The molecule has 0 spiro atoms. The van der Waals surface area contributed by atoms with Crippen LogP contribution in [0.5, 0.6) is 0 Å². The lowest BCUT2D eigenvalue weighted by atomic mass is 9.94. The molecule has 0 aromatic carbocycles. The number of nitrogens with two attached hydrogens (primary N) is 1. The number of nitrogens with one attached hydrogen (secondary N) is 1. The largest absolute Gasteiger partial charge is 0.370 e. The quantitative estimate of drug-likeness (QED) is 0.461. The van der Waals surface area contributed by atoms with Crippen molar-refractivity contribution in [1.29, 1.82) is 0 Å². The van der Waals surface area contributed by atoms with Crippen LogP contribution in [0.4, 0.5) is 0 Å². The molecule has 2 rings (SSSR count). The van der Waals surface area contributed by atoms with Gasteiger partial charge in [0, 0.05) is 18.6 Å². The number of hydrogen-bond acceptors (Lipinski definition) is 2. The van der Waals surface area contributed by atoms with Crippen LogP contribution < -0.4 is 11.1 Å². The Morgan fingerprint density at radius 3 is 2.70 bits per heavy atom. The predicted molar refractivity (Wildman–Crippen MR) is 85.9 cm³/mol. The summed E-state index contributed by atoms with van der Waals surface area (Å²) in [5.41, 5.74) is 6.94. The second kappa shape index (κ2) is 7.67. The van der Waals surface area contributed by atoms with E-state index in [1.54, 1.807) is 0 Å². The third-order valence-electron chi connectivity index (χ3n) is 4.50. The summed E-state index contributed by atoms with van der Waals surface area (Å²) in [5, 5.41) is 3.29. The highest BCUT2D eigenvalue weighted by Crippen LogP contribution is 2.28. The van der Waals surface area contributed by atoms with Gasteiger partial charge in [0.05, 0.1) is 6.54 Å². The molecular weight excluding hydrogens is 248 g/mol. The number of rotatable bonds is 5. The highest BCUT2D eigenvalue weighted by Gasteiger charge is 2.31. The number of likely N-dealkylation sites (tertiary alicyclic amines) is 1. The monoisotopic (exact) mass is 278 g/mol. The van der Waals surface area contributed by atoms with Crippen LogP contribution >= 0.6 is 0 Å². The molecule has 0 amide bonds. The molecule has 0 radical (unpaired) electrons. The Balaban J connectivity index is 1.78. The van der Waals surface area contributed by atoms with Crippen LogP contribution in [-0.4, -0.2) is 42.6 Å². The van der Waals surface area contributed by atoms with Gasteiger partial charge in [-0.2, -0.15) is 0 Å². The van der Waals surface area contributed by atoms with E-state index in [9.17, 15) is 0 Å². The molecular formula is C16H30N4. The number of guanidine groups is 1. The van der Waals surface area contributed by atoms with Gasteiger partial charge in [-0.25, -0.2) is 4.99 Å². The fourth-order valence-corrected chi connectivity index (χ4v) is 3.47. The van der Waals surface area contributed by atoms with Gasteiger partial charge in [0.15, 0.2) is 5.96 Å². The molecule has 1 aliphatic carbocycles. The molecule has 1 atom stereocenters. The van der Waals surface area contributed by atoms with Crippen molar-refractivity contribution in [2.24, 2.45) is 10.7 Å². The molecule has 2 aliphatic rings. The van der Waals surface area contributed by atoms with Crippen molar-refractivity contribution in [3.8, 4) is 0 Å². The fourth-order valence-electron chi connectivity index (χ4n) is 3.47. The Morgan fingerprint density at radius 2 is 2.00 bits per heavy atom. The van der Waals surface area contributed by atoms with Crippen LogP contribution in [0.2, 0.25) is 0 Å². The van der Waals surface area contributed by atoms with Gasteiger partial charge < -0.3 is 11.1 Å². The van der Waals surface area contributed by atoms with E-state index in [0.717, 1.165) is 18.2 Å². The Labute approximate surface area is 123 Å². The van der Waals surface area contributed by atoms with Gasteiger partial charge in [-0.05, 0) is 39.2 Å². The van der Waals surface area contributed by atoms with Crippen molar-refractivity contribution in [2.45, 2.75) is 64.0 Å². The Bertz CT molecular complexity index is 344. The molecule has 114 valence electrons. The maximum atomic E-state index is 5.90. The molecule has 1 heterocycles. The lowest BCUT2D eigenvalue weighted by Gasteiger charge is -2.35. The second-order valence-corrected chi connectivity index (χ2v) is 6.37. The van der Waals surface area contributed by atoms with E-state index >= 15 is 0 Å². The summed E-state index contributed by atoms with van der Waals surface area (Å²) < 4.78 is 0. The van der Waals surface area contributed by atoms with Gasteiger partial charge in [-0.3, -0.25) is 4.90 Å². The van der Waals surface area contributed by atoms with Crippen molar-refractivity contribution in [2.75, 3.05) is 19.6 Å². The molecule has 1 saturated heterocycles. The summed E-state index contributed by atoms with van der Waals surface area (Å²) in [7, 11) is 0. The second-order valence-electron chi connectivity index (χ2n) is 6.37. The minimum Gasteiger partial charge on any atom is -0.370 e. The maximum Gasteiger partial charge on any atom is 0.188 e. The Kier molecular flexibility index (Phi) is 5.89. The van der Waals surface area contributed by atoms with Gasteiger partial charge >= 0.3 is 0 Å². The van der Waals surface area contributed by atoms with Gasteiger partial charge in [0.2, 0.25) is 0 Å². The lowest BCUT2D eigenvalue weighted by Crippen LogP contribution is -2.47. The Hall–Kier alpha value is -1.03. The topological polar surface area (TPSA) is 53.6 Å². The zero-order valence-electron chi connectivity index (χ0n) is 12.9. The van der Waals surface area contributed by atoms with E-state index in [4.69, 9.17) is 5.73 Å². The lowest BCUT2D eigenvalue weighted by molar-refractivity contribution is 0.143. The molecule has 20 heavy (non-hydrogen) atoms. The third-order valence-corrected chi connectivity index (χ3v) is 4.50. The molecule has 1 unspecified atom stereocenters. The standard InChI is InChI=1S/C16H30N4/c1-13(2)11-18-16(17)19-12-15-9-6-10-20(15)14-7-4-3-5-8-14/h14-15H,1,3-12H2,2H3,(H3,17,18,19). The van der Waals surface area contributed by atoms with Crippen LogP contribution in [0, 0.1) is 0 Å². The van der Waals surface area contributed by atoms with E-state index in [1.807, 2.05) is 6.92 Å². The van der Waals surface area contributed by atoms with E-state index in [-0.39, 0.29) is 0 Å². The molecule has 0 bridgehead atoms. The van der Waals surface area contributed by atoms with E-state index in [1.165, 1.54) is 51.5 Å². The summed E-state index contributed by atoms with van der Waals surface area (Å²) in [5.74, 6) is 0.559. The molecule has 0 aromatic heterocycles. The zero-order valence-corrected chi connectivity index (χ0v) is 12.9. The molecule has 1 saturated carbocycles. The number of aliphatic imine (C=N–C) groups is 1. The van der Waals surface area contributed by atoms with Crippen LogP contribution in [0.15, 0.2) is 17.1 Å². The first-order valence-corrected chi connectivity index (χ1v) is 8.10. The minimum absolute atomic E-state index is 0.559. The van der Waals surface area contributed by atoms with Gasteiger partial charge in [0.1, 0.15) is 0 Å². The third kappa shape index (κ3) is 4.51. The van der Waals surface area contributed by atoms with E-state index in [0.29, 0.717) is 18.5 Å². The first kappa shape index (κ1) is 15.4. The molecule has 4 heteroatoms. The summed E-state index contributed by atoms with van der Waals surface area (Å²) in [6.45, 7) is 8.63. The van der Waals surface area contributed by atoms with Crippen molar-refractivity contribution in [1.82, 2.24) is 10.2 Å². The average molecular weight is 278 g/mol. The highest BCUT2D eigenvalue weighted by molar-refractivity contribution is 5.77. The van der Waals surface area contributed by atoms with Crippen molar-refractivity contribution >= 4 is 5.96 Å². The Morgan fingerprint density at radius 1 is 1.25 bits per heavy atom. The van der Waals surface area contributed by atoms with Crippen molar-refractivity contribution < 1.29 is 0 Å². The molecule has 4 nitrogen and oxygen atoms in total. The van der Waals surface area contributed by atoms with Gasteiger partial charge in [-0.15, -0.1) is 0 Å². The zero-order chi connectivity index (χ0) is 14.4. The number of nitrogens with zero attached hydrogens (tertiary/aromatic N) is 2. The minimum atomic E-state index is 0.559. The summed E-state index contributed by atoms with van der Waals surface area (Å²) >= 11 is 0. The average Bonchev–Trinajstić information content (AvgIpc) is 2.92. The van der Waals surface area contributed by atoms with Crippen molar-refractivity contribution in [3.63, 3.8) is 0 Å². The number of hydrogen-bond donors (Lipinski definition) is 2. The van der Waals surface area contributed by atoms with Gasteiger partial charge in [0.25, 0.3) is 0 Å². The van der Waals surface area contributed by atoms with Crippen LogP contribution in [0.1, 0.15) is 51.9 Å². The van der Waals surface area contributed by atoms with E-state index in [2.05, 4.69) is 21.8 Å². The molecule has 0 aromatic rings. The van der Waals surface area contributed by atoms with Crippen molar-refractivity contribution in [3.05, 3.63) is 12.2 Å². The van der Waals surface area contributed by atoms with Crippen LogP contribution in [0.3, 0.4) is 0 Å². The van der Waals surface area contributed by atoms with Crippen LogP contribution in [-0.2, 0) is 0 Å². The van der Waals surface area contributed by atoms with Crippen LogP contribution in [0.25, 0.3) is 0 Å². The first-order chi connectivity index (χ1) is 9.66. The molecule has 1 aliphatic heterocycles. The maximum absolute atomic E-state index is 5.90. The summed E-state index contributed by atoms with van der Waals surface area (Å²) in [4.78, 5) is 7.01. The first-order valence-electron chi connectivity index (χ1n) is 8.10. The fraction of sp³-hybridized carbons (Fsp3) is 0.812. The predicted octanol–water partition coefficient (Wildman–Crippen LogP) is 2.26. The highest BCUT2D eigenvalue weighted by atomic mass is 15.2. The van der Waals surface area contributed by atoms with E-state index < -0.39 is 0 Å². The normalized spacial score (nSPS) is 25.9. The smallest absolute Gasteiger partial charge is 0.188 e. The molecule has 3 N–H and O–H groups in total. The SMILES string of the molecule is C=C(C)CN=C(N)NCC1CCCN1C1CCCCC1. The summed E-state index contributed by atoms with van der Waals surface area (Å²) in [6.07, 6.45) is 9.62.